The Labute approximate surface area is 586 Å². The highest BCUT2D eigenvalue weighted by Gasteiger charge is 2.41. The van der Waals surface area contributed by atoms with E-state index in [0.29, 0.717) is 127 Å². The molecule has 6 aromatic carbocycles. The van der Waals surface area contributed by atoms with Crippen molar-refractivity contribution in [3.63, 3.8) is 0 Å². The van der Waals surface area contributed by atoms with Crippen LogP contribution < -0.4 is 14.2 Å². The summed E-state index contributed by atoms with van der Waals surface area (Å²) in [6, 6.07) is 53.7. The fourth-order valence-corrected chi connectivity index (χ4v) is 15.7. The Morgan fingerprint density at radius 3 is 1.47 bits per heavy atom. The van der Waals surface area contributed by atoms with E-state index in [0.717, 1.165) is 87.8 Å². The zero-order chi connectivity index (χ0) is 68.5. The molecule has 18 heteroatoms. The van der Waals surface area contributed by atoms with Crippen molar-refractivity contribution in [3.8, 4) is 73.3 Å². The Morgan fingerprint density at radius 2 is 0.880 bits per heavy atom. The normalized spacial score (nSPS) is 18.0. The lowest BCUT2D eigenvalue weighted by atomic mass is 9.97. The molecule has 18 nitrogen and oxygen atoms in total. The lowest BCUT2D eigenvalue weighted by Gasteiger charge is -2.39. The number of hydrogen-bond acceptors (Lipinski definition) is 15. The first kappa shape index (κ1) is 66.2. The lowest BCUT2D eigenvalue weighted by molar-refractivity contribution is 0.0593. The molecule has 0 bridgehead atoms. The number of rotatable bonds is 21. The van der Waals surface area contributed by atoms with Gasteiger partial charge in [0.2, 0.25) is 0 Å². The largest absolute Gasteiger partial charge is 0.494 e. The zero-order valence-corrected chi connectivity index (χ0v) is 58.2. The van der Waals surface area contributed by atoms with Crippen LogP contribution >= 0.6 is 0 Å². The van der Waals surface area contributed by atoms with Gasteiger partial charge in [-0.05, 0) is 172 Å². The number of amides is 3. The number of hydrogen-bond donors (Lipinski definition) is 0. The third-order valence-corrected chi connectivity index (χ3v) is 20.7. The van der Waals surface area contributed by atoms with Crippen LogP contribution in [0.5, 0.6) is 17.2 Å². The summed E-state index contributed by atoms with van der Waals surface area (Å²) in [6.07, 6.45) is 6.71. The van der Waals surface area contributed by atoms with E-state index in [1.807, 2.05) is 122 Å². The van der Waals surface area contributed by atoms with Crippen LogP contribution in [0.4, 0.5) is 0 Å². The molecule has 0 saturated carbocycles. The summed E-state index contributed by atoms with van der Waals surface area (Å²) < 4.78 is 18.9. The van der Waals surface area contributed by atoms with E-state index in [-0.39, 0.29) is 35.8 Å². The van der Waals surface area contributed by atoms with Gasteiger partial charge in [-0.3, -0.25) is 39.1 Å². The Morgan fingerprint density at radius 1 is 0.400 bits per heavy atom. The van der Waals surface area contributed by atoms with Crippen molar-refractivity contribution >= 4 is 17.7 Å². The van der Waals surface area contributed by atoms with Crippen LogP contribution in [0.25, 0.3) is 56.0 Å². The first-order chi connectivity index (χ1) is 48.8. The van der Waals surface area contributed by atoms with Crippen LogP contribution in [0.15, 0.2) is 176 Å². The van der Waals surface area contributed by atoms with Gasteiger partial charge in [0.25, 0.3) is 17.7 Å². The molecule has 3 fully saturated rings. The van der Waals surface area contributed by atoms with Gasteiger partial charge in [-0.25, -0.2) is 4.98 Å². The van der Waals surface area contributed by atoms with Crippen molar-refractivity contribution in [2.75, 3.05) is 160 Å². The fourth-order valence-electron chi connectivity index (χ4n) is 15.7. The standard InChI is InChI=1S/C82H88N12O6/c1-86(2)30-13-45-98-60-22-20-55(21-23-60)80(95)92-37-33-90(34-38-92)78-69-19-12-9-16-66(69)76-71(78)24-25-73(85-76)56-48-58(52-61(50-56)99-46-43-87(3)4)81(96)93-39-31-89(32-40-93)77-68-18-11-8-15-65(68)74-70(77)27-29-84-75(74)57-49-59(53-62(51-57)100-47-44-88(5)6)82(97)94-41-35-91(36-42-94)79-67-17-10-7-14-63(67)64-26-28-83-54-72(64)79/h7-12,14-29,48-54,77-79H,13,30-47H2,1-6H3. The SMILES string of the molecule is CN(C)CCCOc1ccc(C(=O)N2CCN(C3c4ccccc4-c4nc(-c5cc(OCCN(C)C)cc(C(=O)N6CCN(C7c8ccccc8-c8c7ccnc8-c7cc(OCCN(C)C)cc(C(=O)N8CCN(C9c%10ccccc%10-c%10ccncc%109)CC8)c7)CC6)c5)ccc43)CC2)cc1. The van der Waals surface area contributed by atoms with Crippen molar-refractivity contribution in [2.45, 2.75) is 24.5 Å². The molecule has 9 aromatic rings. The summed E-state index contributed by atoms with van der Waals surface area (Å²) in [6.45, 7) is 11.5. The van der Waals surface area contributed by atoms with E-state index >= 15 is 4.79 Å². The van der Waals surface area contributed by atoms with E-state index in [2.05, 4.69) is 146 Å². The molecule has 3 aliphatic heterocycles. The maximum absolute atomic E-state index is 15.1. The topological polar surface area (TPSA) is 147 Å². The molecule has 3 aliphatic carbocycles. The summed E-state index contributed by atoms with van der Waals surface area (Å²) in [5.74, 6) is 1.97. The van der Waals surface area contributed by atoms with E-state index < -0.39 is 0 Å². The highest BCUT2D eigenvalue weighted by molar-refractivity contribution is 5.99. The van der Waals surface area contributed by atoms with Gasteiger partial charge in [0, 0.05) is 161 Å². The minimum absolute atomic E-state index is 0.0195. The van der Waals surface area contributed by atoms with E-state index in [1.165, 1.54) is 33.4 Å². The first-order valence-corrected chi connectivity index (χ1v) is 35.4. The Bertz CT molecular complexity index is 4450. The quantitative estimate of drug-likeness (QED) is 0.0628. The highest BCUT2D eigenvalue weighted by atomic mass is 16.5. The van der Waals surface area contributed by atoms with Crippen LogP contribution in [0.1, 0.15) is 89.0 Å². The number of aromatic nitrogens is 3. The molecule has 6 aliphatic rings. The Hall–Kier alpha value is -9.66. The minimum Gasteiger partial charge on any atom is -0.494 e. The molecule has 3 saturated heterocycles. The summed E-state index contributed by atoms with van der Waals surface area (Å²) >= 11 is 0. The fraction of sp³-hybridized carbons (Fsp3) is 0.341. The lowest BCUT2D eigenvalue weighted by Crippen LogP contribution is -2.49. The van der Waals surface area contributed by atoms with Crippen LogP contribution in [0, 0.1) is 0 Å². The number of piperazine rings is 3. The summed E-state index contributed by atoms with van der Waals surface area (Å²) in [4.78, 5) is 78.8. The van der Waals surface area contributed by atoms with Crippen LogP contribution in [0.3, 0.4) is 0 Å². The molecule has 3 amide bonds. The van der Waals surface area contributed by atoms with Crippen LogP contribution in [-0.4, -0.2) is 237 Å². The zero-order valence-electron chi connectivity index (χ0n) is 58.2. The monoisotopic (exact) mass is 1340 g/mol. The van der Waals surface area contributed by atoms with Crippen molar-refractivity contribution in [1.82, 2.24) is 59.1 Å². The molecule has 0 spiro atoms. The highest BCUT2D eigenvalue weighted by Crippen LogP contribution is 2.52. The molecule has 512 valence electrons. The number of fused-ring (bicyclic) bond motifs is 9. The van der Waals surface area contributed by atoms with Crippen molar-refractivity contribution < 1.29 is 28.6 Å². The second kappa shape index (κ2) is 28.9. The van der Waals surface area contributed by atoms with Gasteiger partial charge in [-0.2, -0.15) is 0 Å². The third-order valence-electron chi connectivity index (χ3n) is 20.7. The predicted octanol–water partition coefficient (Wildman–Crippen LogP) is 11.0. The second-order valence-corrected chi connectivity index (χ2v) is 28.0. The molecule has 6 heterocycles. The van der Waals surface area contributed by atoms with Gasteiger partial charge in [-0.1, -0.05) is 78.9 Å². The number of ether oxygens (including phenoxy) is 3. The number of pyridine rings is 3. The number of benzene rings is 6. The molecule has 100 heavy (non-hydrogen) atoms. The molecular formula is C82H88N12O6. The molecule has 3 aromatic heterocycles. The number of carbonyl (C=O) groups is 3. The van der Waals surface area contributed by atoms with Crippen molar-refractivity contribution in [1.29, 1.82) is 0 Å². The third kappa shape index (κ3) is 13.4. The van der Waals surface area contributed by atoms with E-state index in [1.54, 1.807) is 0 Å². The number of nitrogens with zero attached hydrogens (tertiary/aromatic N) is 12. The molecule has 0 N–H and O–H groups in total. The first-order valence-electron chi connectivity index (χ1n) is 35.4. The average molecular weight is 1340 g/mol. The summed E-state index contributed by atoms with van der Waals surface area (Å²) in [5, 5.41) is 0. The van der Waals surface area contributed by atoms with Crippen molar-refractivity contribution in [3.05, 3.63) is 226 Å². The molecule has 3 unspecified atom stereocenters. The van der Waals surface area contributed by atoms with Gasteiger partial charge < -0.3 is 43.6 Å². The number of likely N-dealkylation sites (N-methyl/N-ethyl adjacent to an activating group) is 2. The number of carbonyl (C=O) groups excluding carboxylic acids is 3. The maximum atomic E-state index is 15.1. The Balaban J connectivity index is 0.648. The minimum atomic E-state index is -0.0843. The van der Waals surface area contributed by atoms with Gasteiger partial charge in [0.05, 0.1) is 41.8 Å². The van der Waals surface area contributed by atoms with E-state index in [4.69, 9.17) is 24.2 Å². The molecule has 15 rings (SSSR count). The van der Waals surface area contributed by atoms with Gasteiger partial charge in [-0.15, -0.1) is 0 Å². The van der Waals surface area contributed by atoms with Crippen LogP contribution in [-0.2, 0) is 0 Å². The van der Waals surface area contributed by atoms with E-state index in [9.17, 15) is 9.59 Å². The van der Waals surface area contributed by atoms with Gasteiger partial charge in [0.15, 0.2) is 0 Å². The molecule has 3 atom stereocenters. The average Bonchev–Trinajstić information content (AvgIpc) is 1.61. The summed E-state index contributed by atoms with van der Waals surface area (Å²) in [7, 11) is 12.2. The summed E-state index contributed by atoms with van der Waals surface area (Å²) in [5.41, 5.74) is 18.8. The van der Waals surface area contributed by atoms with Crippen LogP contribution in [0.2, 0.25) is 0 Å². The molecular weight excluding hydrogens is 1250 g/mol. The maximum Gasteiger partial charge on any atom is 0.254 e. The molecule has 0 radical (unpaired) electrons. The van der Waals surface area contributed by atoms with Gasteiger partial charge >= 0.3 is 0 Å². The second-order valence-electron chi connectivity index (χ2n) is 28.0. The predicted molar refractivity (Wildman–Crippen MR) is 391 cm³/mol. The smallest absolute Gasteiger partial charge is 0.254 e. The van der Waals surface area contributed by atoms with Crippen molar-refractivity contribution in [2.24, 2.45) is 0 Å². The Kier molecular flexibility index (Phi) is 19.1. The van der Waals surface area contributed by atoms with Gasteiger partial charge in [0.1, 0.15) is 30.5 Å².